The first-order chi connectivity index (χ1) is 8.31. The molecule has 98 valence electrons. The van der Waals surface area contributed by atoms with E-state index in [1.165, 1.54) is 0 Å². The molecule has 4 nitrogen and oxygen atoms in total. The predicted molar refractivity (Wildman–Crippen MR) is 66.8 cm³/mol. The molecule has 0 aromatic rings. The number of rotatable bonds is 4. The maximum atomic E-state index is 12.2. The van der Waals surface area contributed by atoms with Crippen LogP contribution in [0.25, 0.3) is 0 Å². The van der Waals surface area contributed by atoms with Gasteiger partial charge in [-0.05, 0) is 38.6 Å². The fraction of sp³-hybridized carbons (Fsp3) is 0.923. The number of nitrogens with zero attached hydrogens (tertiary/aromatic N) is 1. The third-order valence-corrected chi connectivity index (χ3v) is 3.89. The molecule has 4 heteroatoms. The molecule has 0 radical (unpaired) electrons. The summed E-state index contributed by atoms with van der Waals surface area (Å²) in [5.74, 6) is 1.25. The van der Waals surface area contributed by atoms with E-state index in [4.69, 9.17) is 4.74 Å². The minimum Gasteiger partial charge on any atom is -0.381 e. The van der Waals surface area contributed by atoms with E-state index in [-0.39, 0.29) is 5.92 Å². The van der Waals surface area contributed by atoms with Crippen LogP contribution in [0.15, 0.2) is 0 Å². The van der Waals surface area contributed by atoms with E-state index >= 15 is 0 Å². The molecule has 1 atom stereocenters. The monoisotopic (exact) mass is 240 g/mol. The van der Waals surface area contributed by atoms with Crippen LogP contribution in [0.3, 0.4) is 0 Å². The van der Waals surface area contributed by atoms with Gasteiger partial charge in [0.2, 0.25) is 5.91 Å². The van der Waals surface area contributed by atoms with Crippen molar-refractivity contribution in [2.45, 2.75) is 26.2 Å². The molecule has 0 unspecified atom stereocenters. The molecular weight excluding hydrogens is 216 g/mol. The van der Waals surface area contributed by atoms with Gasteiger partial charge < -0.3 is 15.0 Å². The largest absolute Gasteiger partial charge is 0.381 e. The summed E-state index contributed by atoms with van der Waals surface area (Å²) >= 11 is 0. The Balaban J connectivity index is 1.72. The summed E-state index contributed by atoms with van der Waals surface area (Å²) in [5.41, 5.74) is 0. The van der Waals surface area contributed by atoms with Crippen LogP contribution < -0.4 is 5.32 Å². The van der Waals surface area contributed by atoms with Crippen molar-refractivity contribution >= 4 is 5.91 Å². The van der Waals surface area contributed by atoms with Gasteiger partial charge in [-0.1, -0.05) is 0 Å². The molecule has 2 aliphatic heterocycles. The van der Waals surface area contributed by atoms with Crippen LogP contribution in [0.1, 0.15) is 26.2 Å². The molecule has 2 rings (SSSR count). The van der Waals surface area contributed by atoms with E-state index in [1.54, 1.807) is 0 Å². The molecule has 1 N–H and O–H groups in total. The Kier molecular flexibility index (Phi) is 4.80. The topological polar surface area (TPSA) is 41.6 Å². The van der Waals surface area contributed by atoms with Gasteiger partial charge in [-0.25, -0.2) is 0 Å². The van der Waals surface area contributed by atoms with Gasteiger partial charge in [0, 0.05) is 32.8 Å². The Labute approximate surface area is 104 Å². The lowest BCUT2D eigenvalue weighted by molar-refractivity contribution is -0.136. The Morgan fingerprint density at radius 3 is 2.71 bits per heavy atom. The van der Waals surface area contributed by atoms with Gasteiger partial charge in [-0.15, -0.1) is 0 Å². The molecule has 0 aromatic carbocycles. The second kappa shape index (κ2) is 6.36. The van der Waals surface area contributed by atoms with E-state index in [0.29, 0.717) is 11.8 Å². The first-order valence-corrected chi connectivity index (χ1v) is 6.88. The predicted octanol–water partition coefficient (Wildman–Crippen LogP) is 0.871. The zero-order valence-corrected chi connectivity index (χ0v) is 10.8. The van der Waals surface area contributed by atoms with Crippen LogP contribution in [0.5, 0.6) is 0 Å². The lowest BCUT2D eigenvalue weighted by Crippen LogP contribution is -2.43. The van der Waals surface area contributed by atoms with Crippen molar-refractivity contribution in [3.05, 3.63) is 0 Å². The van der Waals surface area contributed by atoms with E-state index in [0.717, 1.165) is 58.7 Å². The molecule has 0 spiro atoms. The lowest BCUT2D eigenvalue weighted by Gasteiger charge is -2.33. The van der Waals surface area contributed by atoms with Crippen molar-refractivity contribution in [3.63, 3.8) is 0 Å². The molecule has 0 saturated carbocycles. The molecule has 0 aliphatic carbocycles. The third kappa shape index (κ3) is 3.42. The molecule has 2 aliphatic rings. The van der Waals surface area contributed by atoms with Gasteiger partial charge in [-0.2, -0.15) is 0 Å². The van der Waals surface area contributed by atoms with Crippen molar-refractivity contribution in [1.29, 1.82) is 0 Å². The van der Waals surface area contributed by atoms with Gasteiger partial charge in [0.15, 0.2) is 0 Å². The zero-order valence-electron chi connectivity index (χ0n) is 10.8. The molecule has 0 bridgehead atoms. The average molecular weight is 240 g/mol. The Morgan fingerprint density at radius 1 is 1.35 bits per heavy atom. The zero-order chi connectivity index (χ0) is 12.1. The smallest absolute Gasteiger partial charge is 0.227 e. The molecule has 2 heterocycles. The number of carbonyl (C=O) groups is 1. The number of piperidine rings is 1. The van der Waals surface area contributed by atoms with Gasteiger partial charge in [0.05, 0.1) is 5.92 Å². The molecule has 2 saturated heterocycles. The summed E-state index contributed by atoms with van der Waals surface area (Å²) in [6.07, 6.45) is 3.22. The van der Waals surface area contributed by atoms with Crippen LogP contribution in [0.2, 0.25) is 0 Å². The summed E-state index contributed by atoms with van der Waals surface area (Å²) in [5, 5.41) is 3.26. The maximum Gasteiger partial charge on any atom is 0.227 e. The van der Waals surface area contributed by atoms with Gasteiger partial charge in [0.1, 0.15) is 0 Å². The summed E-state index contributed by atoms with van der Waals surface area (Å²) in [6, 6.07) is 0. The normalized spacial score (nSPS) is 26.4. The maximum absolute atomic E-state index is 12.2. The highest BCUT2D eigenvalue weighted by Crippen LogP contribution is 2.20. The van der Waals surface area contributed by atoms with Crippen LogP contribution in [-0.2, 0) is 9.53 Å². The standard InChI is InChI=1S/C13H24N2O2/c1-2-17-10-11-4-7-15(8-5-11)13(16)12-3-6-14-9-12/h11-12,14H,2-10H2,1H3/t12-/m0/s1. The fourth-order valence-electron chi connectivity index (χ4n) is 2.73. The summed E-state index contributed by atoms with van der Waals surface area (Å²) in [6.45, 7) is 7.41. The first-order valence-electron chi connectivity index (χ1n) is 6.88. The number of amides is 1. The highest BCUT2D eigenvalue weighted by molar-refractivity contribution is 5.79. The average Bonchev–Trinajstić information content (AvgIpc) is 2.90. The summed E-state index contributed by atoms with van der Waals surface area (Å²) < 4.78 is 5.46. The van der Waals surface area contributed by atoms with E-state index < -0.39 is 0 Å². The van der Waals surface area contributed by atoms with Crippen LogP contribution in [0, 0.1) is 11.8 Å². The molecular formula is C13H24N2O2. The fourth-order valence-corrected chi connectivity index (χ4v) is 2.73. The number of ether oxygens (including phenoxy) is 1. The van der Waals surface area contributed by atoms with Gasteiger partial charge >= 0.3 is 0 Å². The van der Waals surface area contributed by atoms with E-state index in [2.05, 4.69) is 10.2 Å². The third-order valence-electron chi connectivity index (χ3n) is 3.89. The quantitative estimate of drug-likeness (QED) is 0.793. The highest BCUT2D eigenvalue weighted by atomic mass is 16.5. The Hall–Kier alpha value is -0.610. The second-order valence-corrected chi connectivity index (χ2v) is 5.12. The van der Waals surface area contributed by atoms with Crippen molar-refractivity contribution in [2.24, 2.45) is 11.8 Å². The number of carbonyl (C=O) groups excluding carboxylic acids is 1. The summed E-state index contributed by atoms with van der Waals surface area (Å²) in [4.78, 5) is 14.2. The first kappa shape index (κ1) is 12.8. The molecule has 0 aromatic heterocycles. The van der Waals surface area contributed by atoms with Crippen LogP contribution >= 0.6 is 0 Å². The van der Waals surface area contributed by atoms with Crippen LogP contribution in [0.4, 0.5) is 0 Å². The number of likely N-dealkylation sites (tertiary alicyclic amines) is 1. The van der Waals surface area contributed by atoms with Crippen molar-refractivity contribution in [2.75, 3.05) is 39.4 Å². The minimum absolute atomic E-state index is 0.235. The summed E-state index contributed by atoms with van der Waals surface area (Å²) in [7, 11) is 0. The van der Waals surface area contributed by atoms with Gasteiger partial charge in [-0.3, -0.25) is 4.79 Å². The lowest BCUT2D eigenvalue weighted by atomic mass is 9.96. The molecule has 1 amide bonds. The van der Waals surface area contributed by atoms with E-state index in [9.17, 15) is 4.79 Å². The highest BCUT2D eigenvalue weighted by Gasteiger charge is 2.29. The van der Waals surface area contributed by atoms with Crippen molar-refractivity contribution in [3.8, 4) is 0 Å². The number of nitrogens with one attached hydrogen (secondary N) is 1. The molecule has 2 fully saturated rings. The Morgan fingerprint density at radius 2 is 2.12 bits per heavy atom. The van der Waals surface area contributed by atoms with Crippen LogP contribution in [-0.4, -0.2) is 50.2 Å². The number of hydrogen-bond acceptors (Lipinski definition) is 3. The second-order valence-electron chi connectivity index (χ2n) is 5.12. The minimum atomic E-state index is 0.235. The van der Waals surface area contributed by atoms with E-state index in [1.807, 2.05) is 6.92 Å². The SMILES string of the molecule is CCOCC1CCN(C(=O)[C@H]2CCNC2)CC1. The number of hydrogen-bond donors (Lipinski definition) is 1. The van der Waals surface area contributed by atoms with Crippen molar-refractivity contribution < 1.29 is 9.53 Å². The Bertz CT molecular complexity index is 244. The molecule has 17 heavy (non-hydrogen) atoms. The van der Waals surface area contributed by atoms with Crippen molar-refractivity contribution in [1.82, 2.24) is 10.2 Å². The van der Waals surface area contributed by atoms with Gasteiger partial charge in [0.25, 0.3) is 0 Å².